The van der Waals surface area contributed by atoms with E-state index in [2.05, 4.69) is 20.3 Å². The van der Waals surface area contributed by atoms with E-state index in [4.69, 9.17) is 19.9 Å². The molecule has 0 spiro atoms. The van der Waals surface area contributed by atoms with Crippen LogP contribution in [-0.4, -0.2) is 56.8 Å². The molecular weight excluding hydrogens is 520 g/mol. The predicted octanol–water partition coefficient (Wildman–Crippen LogP) is 2.55. The molecule has 216 valence electrons. The van der Waals surface area contributed by atoms with Gasteiger partial charge in [0.05, 0.1) is 19.5 Å². The molecule has 13 nitrogen and oxygen atoms in total. The van der Waals surface area contributed by atoms with Crippen molar-refractivity contribution in [3.63, 3.8) is 0 Å². The van der Waals surface area contributed by atoms with E-state index in [0.717, 1.165) is 5.56 Å². The topological polar surface area (TPSA) is 181 Å². The van der Waals surface area contributed by atoms with Gasteiger partial charge in [-0.15, -0.1) is 0 Å². The normalized spacial score (nSPS) is 12.6. The second kappa shape index (κ2) is 14.7. The number of fused-ring (bicyclic) bond motifs is 1. The van der Waals surface area contributed by atoms with Gasteiger partial charge in [0.2, 0.25) is 5.95 Å². The van der Waals surface area contributed by atoms with E-state index in [-0.39, 0.29) is 55.5 Å². The molecule has 0 saturated carbocycles. The number of rotatable bonds is 14. The van der Waals surface area contributed by atoms with Crippen molar-refractivity contribution in [2.75, 3.05) is 18.9 Å². The zero-order valence-electron chi connectivity index (χ0n) is 22.9. The van der Waals surface area contributed by atoms with Gasteiger partial charge in [0.25, 0.3) is 5.56 Å². The van der Waals surface area contributed by atoms with Gasteiger partial charge in [-0.25, -0.2) is 14.6 Å². The molecule has 0 bridgehead atoms. The van der Waals surface area contributed by atoms with Crippen LogP contribution in [0.4, 0.5) is 10.7 Å². The molecule has 40 heavy (non-hydrogen) atoms. The van der Waals surface area contributed by atoms with Crippen LogP contribution in [0.2, 0.25) is 0 Å². The summed E-state index contributed by atoms with van der Waals surface area (Å²) in [6.45, 7) is 5.89. The van der Waals surface area contributed by atoms with Gasteiger partial charge in [-0.05, 0) is 24.3 Å². The van der Waals surface area contributed by atoms with E-state index in [1.807, 2.05) is 44.2 Å². The summed E-state index contributed by atoms with van der Waals surface area (Å²) in [5.41, 5.74) is 6.51. The molecule has 0 radical (unpaired) electrons. The Hall–Kier alpha value is -4.42. The molecule has 4 N–H and O–H groups in total. The van der Waals surface area contributed by atoms with E-state index in [1.54, 1.807) is 11.5 Å². The number of nitrogens with one attached hydrogen (secondary N) is 2. The molecule has 1 aromatic carbocycles. The highest BCUT2D eigenvalue weighted by Crippen LogP contribution is 2.14. The van der Waals surface area contributed by atoms with E-state index in [9.17, 15) is 19.2 Å². The zero-order valence-corrected chi connectivity index (χ0v) is 22.9. The molecule has 1 amide bonds. The quantitative estimate of drug-likeness (QED) is 0.197. The molecule has 3 aromatic rings. The number of ether oxygens (including phenoxy) is 3. The van der Waals surface area contributed by atoms with Crippen molar-refractivity contribution in [2.45, 2.75) is 59.2 Å². The van der Waals surface area contributed by atoms with Crippen molar-refractivity contribution in [3.05, 3.63) is 52.6 Å². The Bertz CT molecular complexity index is 1340. The molecule has 2 heterocycles. The second-order valence-electron chi connectivity index (χ2n) is 9.77. The van der Waals surface area contributed by atoms with E-state index in [0.29, 0.717) is 25.0 Å². The Morgan fingerprint density at radius 2 is 1.82 bits per heavy atom. The standard InChI is InChI=1S/C27H36N6O7/c1-4-21(34)38-14-19(10-11-33-16-29-22-23(33)31-26(28)32-24(22)35)15-39-25(36)20(12-17(2)3)30-27(37)40-13-18-8-6-5-7-9-18/h5-9,16-17,19-20H,4,10-15H2,1-3H3,(H,30,37)(H3,28,31,32,35)/t19?,20-/m0/s1. The molecule has 0 saturated heterocycles. The number of aromatic amines is 1. The minimum atomic E-state index is -0.918. The molecule has 2 aromatic heterocycles. The van der Waals surface area contributed by atoms with Crippen molar-refractivity contribution in [2.24, 2.45) is 11.8 Å². The summed E-state index contributed by atoms with van der Waals surface area (Å²) in [5, 5.41) is 2.60. The Kier molecular flexibility index (Phi) is 11.0. The number of nitrogen functional groups attached to an aromatic ring is 1. The summed E-state index contributed by atoms with van der Waals surface area (Å²) in [5.74, 6) is -1.32. The van der Waals surface area contributed by atoms with Crippen LogP contribution in [0.15, 0.2) is 41.5 Å². The van der Waals surface area contributed by atoms with Crippen molar-refractivity contribution in [1.82, 2.24) is 24.8 Å². The summed E-state index contributed by atoms with van der Waals surface area (Å²) in [7, 11) is 0. The number of benzene rings is 1. The highest BCUT2D eigenvalue weighted by Gasteiger charge is 2.26. The number of nitrogens with zero attached hydrogens (tertiary/aromatic N) is 3. The fourth-order valence-electron chi connectivity index (χ4n) is 3.88. The van der Waals surface area contributed by atoms with E-state index >= 15 is 0 Å². The molecule has 0 aliphatic heterocycles. The van der Waals surface area contributed by atoms with Gasteiger partial charge in [-0.3, -0.25) is 14.6 Å². The average molecular weight is 557 g/mol. The van der Waals surface area contributed by atoms with Gasteiger partial charge < -0.3 is 29.8 Å². The number of aryl methyl sites for hydroxylation is 1. The van der Waals surface area contributed by atoms with Crippen LogP contribution in [0.25, 0.3) is 11.2 Å². The van der Waals surface area contributed by atoms with Crippen molar-refractivity contribution in [1.29, 1.82) is 0 Å². The third-order valence-electron chi connectivity index (χ3n) is 6.00. The molecule has 3 rings (SSSR count). The summed E-state index contributed by atoms with van der Waals surface area (Å²) < 4.78 is 17.8. The first-order valence-corrected chi connectivity index (χ1v) is 13.2. The van der Waals surface area contributed by atoms with E-state index < -0.39 is 23.7 Å². The van der Waals surface area contributed by atoms with Crippen LogP contribution in [0, 0.1) is 11.8 Å². The SMILES string of the molecule is CCC(=O)OCC(CCn1cnc2c(=O)[nH]c(N)nc21)COC(=O)[C@H](CC(C)C)NC(=O)OCc1ccccc1. The molecule has 2 atom stereocenters. The van der Waals surface area contributed by atoms with Crippen molar-refractivity contribution >= 4 is 35.1 Å². The minimum Gasteiger partial charge on any atom is -0.465 e. The smallest absolute Gasteiger partial charge is 0.408 e. The third-order valence-corrected chi connectivity index (χ3v) is 6.00. The Labute approximate surface area is 231 Å². The van der Waals surface area contributed by atoms with Crippen LogP contribution < -0.4 is 16.6 Å². The maximum Gasteiger partial charge on any atom is 0.408 e. The van der Waals surface area contributed by atoms with Crippen LogP contribution >= 0.6 is 0 Å². The van der Waals surface area contributed by atoms with Gasteiger partial charge in [0.1, 0.15) is 12.6 Å². The Morgan fingerprint density at radius 3 is 2.52 bits per heavy atom. The first-order valence-electron chi connectivity index (χ1n) is 13.2. The minimum absolute atomic E-state index is 0.0180. The Balaban J connectivity index is 1.62. The van der Waals surface area contributed by atoms with Crippen LogP contribution in [0.3, 0.4) is 0 Å². The number of imidazole rings is 1. The maximum atomic E-state index is 13.0. The van der Waals surface area contributed by atoms with Crippen LogP contribution in [0.1, 0.15) is 45.6 Å². The lowest BCUT2D eigenvalue weighted by Crippen LogP contribution is -2.43. The number of alkyl carbamates (subject to hydrolysis) is 1. The lowest BCUT2D eigenvalue weighted by atomic mass is 10.0. The number of anilines is 1. The number of amides is 1. The van der Waals surface area contributed by atoms with Gasteiger partial charge in [-0.1, -0.05) is 51.1 Å². The molecule has 0 aliphatic carbocycles. The molecule has 13 heteroatoms. The summed E-state index contributed by atoms with van der Waals surface area (Å²) in [6, 6.07) is 8.27. The van der Waals surface area contributed by atoms with Crippen LogP contribution in [-0.2, 0) is 37.0 Å². The Morgan fingerprint density at radius 1 is 1.10 bits per heavy atom. The van der Waals surface area contributed by atoms with Gasteiger partial charge in [0.15, 0.2) is 11.2 Å². The molecule has 0 aliphatic rings. The largest absolute Gasteiger partial charge is 0.465 e. The maximum absolute atomic E-state index is 13.0. The average Bonchev–Trinajstić information content (AvgIpc) is 3.34. The fraction of sp³-hybridized carbons (Fsp3) is 0.481. The predicted molar refractivity (Wildman–Crippen MR) is 146 cm³/mol. The number of hydrogen-bond acceptors (Lipinski definition) is 10. The number of carbonyl (C=O) groups is 3. The van der Waals surface area contributed by atoms with Crippen molar-refractivity contribution in [3.8, 4) is 0 Å². The summed E-state index contributed by atoms with van der Waals surface area (Å²) >= 11 is 0. The fourth-order valence-corrected chi connectivity index (χ4v) is 3.88. The van der Waals surface area contributed by atoms with Crippen LogP contribution in [0.5, 0.6) is 0 Å². The summed E-state index contributed by atoms with van der Waals surface area (Å²) in [4.78, 5) is 59.9. The monoisotopic (exact) mass is 556 g/mol. The van der Waals surface area contributed by atoms with E-state index in [1.165, 1.54) is 6.33 Å². The lowest BCUT2D eigenvalue weighted by molar-refractivity contribution is -0.150. The first kappa shape index (κ1) is 30.1. The number of nitrogens with two attached hydrogens (primary N) is 1. The summed E-state index contributed by atoms with van der Waals surface area (Å²) in [6.07, 6.45) is 1.70. The molecule has 0 fully saturated rings. The number of H-pyrrole nitrogens is 1. The van der Waals surface area contributed by atoms with Gasteiger partial charge in [-0.2, -0.15) is 4.98 Å². The third kappa shape index (κ3) is 9.10. The molecular formula is C27H36N6O7. The van der Waals surface area contributed by atoms with Gasteiger partial charge in [0, 0.05) is 18.9 Å². The number of aromatic nitrogens is 4. The zero-order chi connectivity index (χ0) is 29.1. The van der Waals surface area contributed by atoms with Gasteiger partial charge >= 0.3 is 18.0 Å². The first-order chi connectivity index (χ1) is 19.2. The number of hydrogen-bond donors (Lipinski definition) is 3. The molecule has 1 unspecified atom stereocenters. The second-order valence-corrected chi connectivity index (χ2v) is 9.77. The highest BCUT2D eigenvalue weighted by molar-refractivity contribution is 5.81. The number of esters is 2. The lowest BCUT2D eigenvalue weighted by Gasteiger charge is -2.22. The number of carbonyl (C=O) groups excluding carboxylic acids is 3. The highest BCUT2D eigenvalue weighted by atomic mass is 16.6. The van der Waals surface area contributed by atoms with Crippen molar-refractivity contribution < 1.29 is 28.6 Å².